The van der Waals surface area contributed by atoms with E-state index in [-0.39, 0.29) is 5.78 Å². The molecule has 0 saturated heterocycles. The summed E-state index contributed by atoms with van der Waals surface area (Å²) in [7, 11) is 0. The van der Waals surface area contributed by atoms with Gasteiger partial charge in [-0.25, -0.2) is 0 Å². The Labute approximate surface area is 121 Å². The Balaban J connectivity index is 1.97. The van der Waals surface area contributed by atoms with E-state index in [9.17, 15) is 4.79 Å². The Morgan fingerprint density at radius 1 is 1.15 bits per heavy atom. The monoisotopic (exact) mass is 284 g/mol. The van der Waals surface area contributed by atoms with E-state index in [1.807, 2.05) is 36.4 Å². The number of carbonyl (C=O) groups is 1. The summed E-state index contributed by atoms with van der Waals surface area (Å²) in [6.07, 6.45) is 0.325. The molecule has 3 rings (SSSR count). The number of anilines is 1. The Bertz CT molecular complexity index is 778. The molecule has 0 bridgehead atoms. The van der Waals surface area contributed by atoms with E-state index in [4.69, 9.17) is 17.3 Å². The maximum atomic E-state index is 12.3. The van der Waals surface area contributed by atoms with Gasteiger partial charge in [-0.05, 0) is 23.8 Å². The summed E-state index contributed by atoms with van der Waals surface area (Å²) < 4.78 is 0. The van der Waals surface area contributed by atoms with Crippen molar-refractivity contribution in [2.24, 2.45) is 0 Å². The molecule has 0 aliphatic heterocycles. The van der Waals surface area contributed by atoms with Gasteiger partial charge < -0.3 is 10.7 Å². The van der Waals surface area contributed by atoms with Gasteiger partial charge in [-0.1, -0.05) is 41.9 Å². The standard InChI is InChI=1S/C16H13ClN2O/c17-11-6-7-12-13(9-11)19-16(15(12)18)14(20)8-10-4-2-1-3-5-10/h1-7,9,19H,8,18H2. The van der Waals surface area contributed by atoms with Gasteiger partial charge in [-0.15, -0.1) is 0 Å². The van der Waals surface area contributed by atoms with Crippen LogP contribution in [0.25, 0.3) is 10.9 Å². The number of halogens is 1. The lowest BCUT2D eigenvalue weighted by atomic mass is 10.1. The second kappa shape index (κ2) is 5.02. The molecule has 1 heterocycles. The summed E-state index contributed by atoms with van der Waals surface area (Å²) in [6.45, 7) is 0. The predicted octanol–water partition coefficient (Wildman–Crippen LogP) is 3.83. The normalized spacial score (nSPS) is 10.8. The van der Waals surface area contributed by atoms with E-state index in [1.165, 1.54) is 0 Å². The quantitative estimate of drug-likeness (QED) is 0.718. The van der Waals surface area contributed by atoms with E-state index in [0.717, 1.165) is 16.5 Å². The highest BCUT2D eigenvalue weighted by Gasteiger charge is 2.16. The Hall–Kier alpha value is -2.26. The fourth-order valence-corrected chi connectivity index (χ4v) is 2.45. The van der Waals surface area contributed by atoms with E-state index in [2.05, 4.69) is 4.98 Å². The van der Waals surface area contributed by atoms with Gasteiger partial charge in [0.2, 0.25) is 0 Å². The van der Waals surface area contributed by atoms with Crippen molar-refractivity contribution in [1.29, 1.82) is 0 Å². The average Bonchev–Trinajstić information content (AvgIpc) is 2.76. The smallest absolute Gasteiger partial charge is 0.185 e. The number of fused-ring (bicyclic) bond motifs is 1. The van der Waals surface area contributed by atoms with Crippen molar-refractivity contribution >= 4 is 34.0 Å². The molecule has 0 unspecified atom stereocenters. The molecule has 20 heavy (non-hydrogen) atoms. The van der Waals surface area contributed by atoms with Crippen molar-refractivity contribution in [1.82, 2.24) is 4.98 Å². The molecule has 0 aliphatic carbocycles. The fourth-order valence-electron chi connectivity index (χ4n) is 2.28. The molecule has 0 spiro atoms. The van der Waals surface area contributed by atoms with E-state index in [0.29, 0.717) is 22.8 Å². The van der Waals surface area contributed by atoms with Crippen LogP contribution in [0.2, 0.25) is 5.02 Å². The molecule has 0 atom stereocenters. The van der Waals surface area contributed by atoms with E-state index < -0.39 is 0 Å². The second-order valence-corrected chi connectivity index (χ2v) is 5.13. The zero-order valence-corrected chi connectivity index (χ0v) is 11.4. The van der Waals surface area contributed by atoms with Crippen molar-refractivity contribution in [3.63, 3.8) is 0 Å². The zero-order valence-electron chi connectivity index (χ0n) is 10.7. The largest absolute Gasteiger partial charge is 0.396 e. The van der Waals surface area contributed by atoms with Crippen LogP contribution in [-0.2, 0) is 6.42 Å². The lowest BCUT2D eigenvalue weighted by Gasteiger charge is -2.00. The lowest BCUT2D eigenvalue weighted by Crippen LogP contribution is -2.06. The number of Topliss-reactive ketones (excluding diaryl/α,β-unsaturated/α-hetero) is 1. The molecule has 4 heteroatoms. The third kappa shape index (κ3) is 2.28. The minimum Gasteiger partial charge on any atom is -0.396 e. The summed E-state index contributed by atoms with van der Waals surface area (Å²) in [5.74, 6) is -0.0268. The van der Waals surface area contributed by atoms with Gasteiger partial charge in [-0.2, -0.15) is 0 Å². The average molecular weight is 285 g/mol. The van der Waals surface area contributed by atoms with Crippen molar-refractivity contribution in [2.75, 3.05) is 5.73 Å². The molecule has 3 N–H and O–H groups in total. The summed E-state index contributed by atoms with van der Waals surface area (Å²) in [4.78, 5) is 15.4. The van der Waals surface area contributed by atoms with E-state index in [1.54, 1.807) is 12.1 Å². The highest BCUT2D eigenvalue weighted by Crippen LogP contribution is 2.28. The molecule has 3 nitrogen and oxygen atoms in total. The lowest BCUT2D eigenvalue weighted by molar-refractivity contribution is 0.0990. The first-order valence-corrected chi connectivity index (χ1v) is 6.67. The third-order valence-corrected chi connectivity index (χ3v) is 3.52. The van der Waals surface area contributed by atoms with Crippen molar-refractivity contribution in [3.8, 4) is 0 Å². The maximum Gasteiger partial charge on any atom is 0.185 e. The molecular formula is C16H13ClN2O. The molecule has 0 radical (unpaired) electrons. The molecule has 0 saturated carbocycles. The number of aromatic nitrogens is 1. The zero-order chi connectivity index (χ0) is 14.1. The summed E-state index contributed by atoms with van der Waals surface area (Å²) in [5, 5.41) is 1.44. The number of nitrogens with two attached hydrogens (primary N) is 1. The molecule has 0 fully saturated rings. The summed E-state index contributed by atoms with van der Waals surface area (Å²) in [5.41, 5.74) is 8.73. The minimum atomic E-state index is -0.0268. The maximum absolute atomic E-state index is 12.3. The minimum absolute atomic E-state index is 0.0268. The number of rotatable bonds is 3. The van der Waals surface area contributed by atoms with Gasteiger partial charge in [0.1, 0.15) is 5.69 Å². The summed E-state index contributed by atoms with van der Waals surface area (Å²) in [6, 6.07) is 15.0. The molecule has 2 aromatic carbocycles. The number of nitrogen functional groups attached to an aromatic ring is 1. The number of hydrogen-bond acceptors (Lipinski definition) is 2. The van der Waals surface area contributed by atoms with Crippen LogP contribution in [0, 0.1) is 0 Å². The number of carbonyl (C=O) groups excluding carboxylic acids is 1. The van der Waals surface area contributed by atoms with Crippen molar-refractivity contribution in [2.45, 2.75) is 6.42 Å². The number of hydrogen-bond donors (Lipinski definition) is 2. The third-order valence-electron chi connectivity index (χ3n) is 3.29. The number of nitrogens with one attached hydrogen (secondary N) is 1. The van der Waals surface area contributed by atoms with Gasteiger partial charge in [-0.3, -0.25) is 4.79 Å². The molecule has 0 amide bonds. The topological polar surface area (TPSA) is 58.9 Å². The van der Waals surface area contributed by atoms with Crippen LogP contribution >= 0.6 is 11.6 Å². The van der Waals surface area contributed by atoms with Crippen molar-refractivity contribution < 1.29 is 4.79 Å². The van der Waals surface area contributed by atoms with Crippen LogP contribution in [0.15, 0.2) is 48.5 Å². The number of H-pyrrole nitrogens is 1. The first kappa shape index (κ1) is 12.8. The van der Waals surface area contributed by atoms with Crippen molar-refractivity contribution in [3.05, 3.63) is 64.8 Å². The van der Waals surface area contributed by atoms with Gasteiger partial charge in [0, 0.05) is 22.3 Å². The van der Waals surface area contributed by atoms with Crippen LogP contribution in [0.4, 0.5) is 5.69 Å². The Morgan fingerprint density at radius 2 is 1.90 bits per heavy atom. The SMILES string of the molecule is Nc1c(C(=O)Cc2ccccc2)[nH]c2cc(Cl)ccc12. The number of benzene rings is 2. The first-order valence-electron chi connectivity index (χ1n) is 6.29. The Kier molecular flexibility index (Phi) is 3.20. The van der Waals surface area contributed by atoms with Gasteiger partial charge in [0.25, 0.3) is 0 Å². The highest BCUT2D eigenvalue weighted by atomic mass is 35.5. The van der Waals surface area contributed by atoms with E-state index >= 15 is 0 Å². The fraction of sp³-hybridized carbons (Fsp3) is 0.0625. The molecule has 0 aliphatic rings. The molecule has 100 valence electrons. The van der Waals surface area contributed by atoms with Crippen LogP contribution in [0.5, 0.6) is 0 Å². The predicted molar refractivity (Wildman–Crippen MR) is 82.2 cm³/mol. The van der Waals surface area contributed by atoms with Gasteiger partial charge in [0.05, 0.1) is 5.69 Å². The van der Waals surface area contributed by atoms with Gasteiger partial charge in [0.15, 0.2) is 5.78 Å². The van der Waals surface area contributed by atoms with Crippen LogP contribution in [0.1, 0.15) is 16.1 Å². The molecule has 3 aromatic rings. The Morgan fingerprint density at radius 3 is 2.65 bits per heavy atom. The van der Waals surface area contributed by atoms with Crippen LogP contribution in [-0.4, -0.2) is 10.8 Å². The number of ketones is 1. The van der Waals surface area contributed by atoms with Gasteiger partial charge >= 0.3 is 0 Å². The summed E-state index contributed by atoms with van der Waals surface area (Å²) >= 11 is 5.94. The second-order valence-electron chi connectivity index (χ2n) is 4.69. The highest BCUT2D eigenvalue weighted by molar-refractivity contribution is 6.31. The van der Waals surface area contributed by atoms with Crippen LogP contribution in [0.3, 0.4) is 0 Å². The first-order chi connectivity index (χ1) is 9.65. The molecule has 1 aromatic heterocycles. The number of aromatic amines is 1. The molecular weight excluding hydrogens is 272 g/mol. The van der Waals surface area contributed by atoms with Crippen LogP contribution < -0.4 is 5.73 Å².